The van der Waals surface area contributed by atoms with E-state index in [1.54, 1.807) is 6.07 Å². The van der Waals surface area contributed by atoms with Crippen molar-refractivity contribution in [2.75, 3.05) is 0 Å². The predicted molar refractivity (Wildman–Crippen MR) is 82.4 cm³/mol. The van der Waals surface area contributed by atoms with E-state index in [0.717, 1.165) is 5.56 Å². The summed E-state index contributed by atoms with van der Waals surface area (Å²) in [4.78, 5) is 16.4. The molecule has 1 aromatic carbocycles. The molecule has 5 nitrogen and oxygen atoms in total. The zero-order valence-electron chi connectivity index (χ0n) is 12.6. The second kappa shape index (κ2) is 5.85. The van der Waals surface area contributed by atoms with Gasteiger partial charge in [0.2, 0.25) is 5.82 Å². The molecule has 0 spiro atoms. The first-order valence-corrected chi connectivity index (χ1v) is 7.14. The van der Waals surface area contributed by atoms with Crippen molar-refractivity contribution >= 4 is 17.5 Å². The quantitative estimate of drug-likeness (QED) is 0.914. The van der Waals surface area contributed by atoms with Gasteiger partial charge in [0.1, 0.15) is 5.82 Å². The Balaban J connectivity index is 2.09. The number of carbonyl (C=O) groups is 1. The van der Waals surface area contributed by atoms with Crippen molar-refractivity contribution in [3.63, 3.8) is 0 Å². The van der Waals surface area contributed by atoms with E-state index in [-0.39, 0.29) is 23.2 Å². The van der Waals surface area contributed by atoms with Gasteiger partial charge in [-0.2, -0.15) is 0 Å². The molecule has 112 valence electrons. The second-order valence-electron chi connectivity index (χ2n) is 6.01. The number of benzene rings is 1. The molecule has 2 aromatic rings. The molecule has 0 radical (unpaired) electrons. The highest BCUT2D eigenvalue weighted by Crippen LogP contribution is 2.19. The minimum absolute atomic E-state index is 0.147. The molecule has 0 saturated heterocycles. The maximum atomic E-state index is 12.2. The number of amides is 1. The van der Waals surface area contributed by atoms with Gasteiger partial charge in [0.15, 0.2) is 0 Å². The van der Waals surface area contributed by atoms with Gasteiger partial charge in [0.05, 0.1) is 6.04 Å². The summed E-state index contributed by atoms with van der Waals surface area (Å²) in [5.41, 5.74) is 0.756. The number of aromatic nitrogens is 3. The first-order valence-electron chi connectivity index (χ1n) is 6.76. The van der Waals surface area contributed by atoms with Crippen LogP contribution in [0.3, 0.4) is 0 Å². The van der Waals surface area contributed by atoms with Gasteiger partial charge in [0, 0.05) is 10.4 Å². The zero-order valence-corrected chi connectivity index (χ0v) is 13.3. The number of carbonyl (C=O) groups excluding carboxylic acids is 1. The number of nitrogens with zero attached hydrogens (tertiary/aromatic N) is 2. The normalized spacial score (nSPS) is 13.0. The van der Waals surface area contributed by atoms with E-state index >= 15 is 0 Å². The van der Waals surface area contributed by atoms with Crippen molar-refractivity contribution in [1.29, 1.82) is 0 Å². The Labute approximate surface area is 129 Å². The standard InChI is InChI=1S/C15H19ClN4O/c1-9(10-6-5-7-11(16)8-10)17-13(21)12-18-14(20-19-12)15(2,3)4/h5-9H,1-4H3,(H,17,21)(H,18,19,20). The lowest BCUT2D eigenvalue weighted by atomic mass is 9.96. The largest absolute Gasteiger partial charge is 0.343 e. The smallest absolute Gasteiger partial charge is 0.291 e. The molecule has 0 saturated carbocycles. The van der Waals surface area contributed by atoms with E-state index in [0.29, 0.717) is 10.8 Å². The van der Waals surface area contributed by atoms with Gasteiger partial charge < -0.3 is 5.32 Å². The van der Waals surface area contributed by atoms with Crippen LogP contribution in [0.25, 0.3) is 0 Å². The summed E-state index contributed by atoms with van der Waals surface area (Å²) in [6.07, 6.45) is 0. The molecule has 2 rings (SSSR count). The summed E-state index contributed by atoms with van der Waals surface area (Å²) < 4.78 is 0. The average Bonchev–Trinajstić information content (AvgIpc) is 2.88. The Morgan fingerprint density at radius 3 is 2.67 bits per heavy atom. The number of hydrogen-bond acceptors (Lipinski definition) is 3. The minimum Gasteiger partial charge on any atom is -0.343 e. The van der Waals surface area contributed by atoms with Crippen molar-refractivity contribution in [3.05, 3.63) is 46.5 Å². The highest BCUT2D eigenvalue weighted by molar-refractivity contribution is 6.30. The van der Waals surface area contributed by atoms with Crippen LogP contribution >= 0.6 is 11.6 Å². The molecule has 0 fully saturated rings. The highest BCUT2D eigenvalue weighted by Gasteiger charge is 2.22. The van der Waals surface area contributed by atoms with Crippen molar-refractivity contribution in [2.24, 2.45) is 0 Å². The van der Waals surface area contributed by atoms with E-state index in [1.165, 1.54) is 0 Å². The monoisotopic (exact) mass is 306 g/mol. The molecule has 0 aliphatic rings. The fourth-order valence-electron chi connectivity index (χ4n) is 1.82. The first kappa shape index (κ1) is 15.5. The summed E-state index contributed by atoms with van der Waals surface area (Å²) >= 11 is 5.95. The van der Waals surface area contributed by atoms with E-state index in [2.05, 4.69) is 20.5 Å². The van der Waals surface area contributed by atoms with Crippen LogP contribution in [-0.4, -0.2) is 21.1 Å². The maximum Gasteiger partial charge on any atom is 0.291 e. The van der Waals surface area contributed by atoms with E-state index in [1.807, 2.05) is 45.9 Å². The highest BCUT2D eigenvalue weighted by atomic mass is 35.5. The third-order valence-corrected chi connectivity index (χ3v) is 3.33. The number of hydrogen-bond donors (Lipinski definition) is 2. The summed E-state index contributed by atoms with van der Waals surface area (Å²) in [6.45, 7) is 7.90. The second-order valence-corrected chi connectivity index (χ2v) is 6.44. The Hall–Kier alpha value is -1.88. The van der Waals surface area contributed by atoms with Gasteiger partial charge in [-0.1, -0.05) is 44.5 Å². The van der Waals surface area contributed by atoms with E-state index < -0.39 is 0 Å². The molecule has 1 heterocycles. The lowest BCUT2D eigenvalue weighted by Gasteiger charge is -2.14. The van der Waals surface area contributed by atoms with Crippen LogP contribution in [0, 0.1) is 0 Å². The molecule has 2 N–H and O–H groups in total. The van der Waals surface area contributed by atoms with Gasteiger partial charge in [-0.15, -0.1) is 5.10 Å². The molecule has 1 atom stereocenters. The Morgan fingerprint density at radius 1 is 1.38 bits per heavy atom. The minimum atomic E-state index is -0.311. The molecular weight excluding hydrogens is 288 g/mol. The Kier molecular flexibility index (Phi) is 4.32. The lowest BCUT2D eigenvalue weighted by Crippen LogP contribution is -2.27. The number of nitrogens with one attached hydrogen (secondary N) is 2. The topological polar surface area (TPSA) is 70.7 Å². The number of H-pyrrole nitrogens is 1. The summed E-state index contributed by atoms with van der Waals surface area (Å²) in [5, 5.41) is 10.3. The third-order valence-electron chi connectivity index (χ3n) is 3.10. The molecule has 0 aliphatic carbocycles. The van der Waals surface area contributed by atoms with Crippen LogP contribution in [0.5, 0.6) is 0 Å². The number of aromatic amines is 1. The Bertz CT molecular complexity index is 645. The average molecular weight is 307 g/mol. The molecule has 21 heavy (non-hydrogen) atoms. The molecule has 1 amide bonds. The van der Waals surface area contributed by atoms with Crippen LogP contribution in [-0.2, 0) is 5.41 Å². The van der Waals surface area contributed by atoms with Gasteiger partial charge >= 0.3 is 0 Å². The predicted octanol–water partition coefficient (Wildman–Crippen LogP) is 3.25. The van der Waals surface area contributed by atoms with Crippen LogP contribution in [0.15, 0.2) is 24.3 Å². The van der Waals surface area contributed by atoms with Crippen LogP contribution in [0.1, 0.15) is 55.7 Å². The fourth-order valence-corrected chi connectivity index (χ4v) is 2.02. The Morgan fingerprint density at radius 2 is 2.10 bits per heavy atom. The van der Waals surface area contributed by atoms with E-state index in [9.17, 15) is 4.79 Å². The summed E-state index contributed by atoms with van der Waals surface area (Å²) in [6, 6.07) is 7.21. The van der Waals surface area contributed by atoms with Crippen LogP contribution in [0.2, 0.25) is 5.02 Å². The molecule has 0 aliphatic heterocycles. The van der Waals surface area contributed by atoms with Crippen molar-refractivity contribution in [3.8, 4) is 0 Å². The molecule has 1 aromatic heterocycles. The zero-order chi connectivity index (χ0) is 15.6. The number of rotatable bonds is 3. The lowest BCUT2D eigenvalue weighted by molar-refractivity contribution is 0.0929. The third kappa shape index (κ3) is 3.82. The molecule has 6 heteroatoms. The summed E-state index contributed by atoms with van der Waals surface area (Å²) in [7, 11) is 0. The van der Waals surface area contributed by atoms with E-state index in [4.69, 9.17) is 11.6 Å². The molecule has 0 bridgehead atoms. The maximum absolute atomic E-state index is 12.2. The molecule has 1 unspecified atom stereocenters. The van der Waals surface area contributed by atoms with Gasteiger partial charge in [-0.05, 0) is 24.6 Å². The van der Waals surface area contributed by atoms with Gasteiger partial charge in [-0.25, -0.2) is 4.98 Å². The van der Waals surface area contributed by atoms with Gasteiger partial charge in [0.25, 0.3) is 5.91 Å². The molecular formula is C15H19ClN4O. The van der Waals surface area contributed by atoms with Crippen molar-refractivity contribution in [2.45, 2.75) is 39.2 Å². The SMILES string of the molecule is CC(NC(=O)c1n[nH]c(C(C)(C)C)n1)c1cccc(Cl)c1. The van der Waals surface area contributed by atoms with Crippen molar-refractivity contribution < 1.29 is 4.79 Å². The van der Waals surface area contributed by atoms with Crippen molar-refractivity contribution in [1.82, 2.24) is 20.5 Å². The fraction of sp³-hybridized carbons (Fsp3) is 0.400. The number of halogens is 1. The van der Waals surface area contributed by atoms with Gasteiger partial charge in [-0.3, -0.25) is 9.89 Å². The van der Waals surface area contributed by atoms with Crippen LogP contribution < -0.4 is 5.32 Å². The summed E-state index contributed by atoms with van der Waals surface area (Å²) in [5.74, 6) is 0.520. The first-order chi connectivity index (χ1) is 9.77. The van der Waals surface area contributed by atoms with Crippen LogP contribution in [0.4, 0.5) is 0 Å².